The highest BCUT2D eigenvalue weighted by Crippen LogP contribution is 2.32. The van der Waals surface area contributed by atoms with Crippen LogP contribution in [-0.4, -0.2) is 38.4 Å². The van der Waals surface area contributed by atoms with Gasteiger partial charge in [-0.15, -0.1) is 0 Å². The minimum absolute atomic E-state index is 0.253. The molecule has 2 N–H and O–H groups in total. The van der Waals surface area contributed by atoms with E-state index >= 15 is 0 Å². The molecule has 1 saturated heterocycles. The number of imidazole rings is 1. The van der Waals surface area contributed by atoms with Gasteiger partial charge in [-0.25, -0.2) is 4.98 Å². The van der Waals surface area contributed by atoms with E-state index in [1.54, 1.807) is 36.8 Å². The number of ether oxygens (including phenoxy) is 2. The SMILES string of the molecule is Nc1ccc([S+]([O-])C[C@@H]2CO[C@](CCc3ccc(Cl)cc3)(Cn3ccnc3)O2)cc1. The van der Waals surface area contributed by atoms with E-state index < -0.39 is 17.0 Å². The largest absolute Gasteiger partial charge is 0.611 e. The Morgan fingerprint density at radius 2 is 1.97 bits per heavy atom. The Morgan fingerprint density at radius 1 is 1.20 bits per heavy atom. The molecule has 3 atom stereocenters. The number of nitrogens with two attached hydrogens (primary N) is 1. The summed E-state index contributed by atoms with van der Waals surface area (Å²) in [4.78, 5) is 4.85. The lowest BCUT2D eigenvalue weighted by atomic mass is 10.0. The Bertz CT molecular complexity index is 937. The van der Waals surface area contributed by atoms with Crippen molar-refractivity contribution in [3.05, 3.63) is 77.8 Å². The van der Waals surface area contributed by atoms with E-state index in [-0.39, 0.29) is 6.10 Å². The highest BCUT2D eigenvalue weighted by atomic mass is 35.5. The highest BCUT2D eigenvalue weighted by Gasteiger charge is 2.43. The first-order chi connectivity index (χ1) is 14.5. The summed E-state index contributed by atoms with van der Waals surface area (Å²) in [5, 5.41) is 0.713. The van der Waals surface area contributed by atoms with Crippen molar-refractivity contribution in [2.24, 2.45) is 0 Å². The first-order valence-corrected chi connectivity index (χ1v) is 11.5. The van der Waals surface area contributed by atoms with E-state index in [1.807, 2.05) is 35.0 Å². The third-order valence-electron chi connectivity index (χ3n) is 5.08. The molecule has 1 unspecified atom stereocenters. The molecule has 1 aliphatic rings. The number of rotatable bonds is 8. The molecule has 158 valence electrons. The van der Waals surface area contributed by atoms with Crippen LogP contribution in [0.5, 0.6) is 0 Å². The fraction of sp³-hybridized carbons (Fsp3) is 0.318. The Morgan fingerprint density at radius 3 is 2.67 bits per heavy atom. The number of anilines is 1. The standard InChI is InChI=1S/C22H24ClN3O3S/c23-18-3-1-17(2-4-18)9-10-22(15-26-12-11-25-16-26)28-13-20(29-22)14-30(27)21-7-5-19(24)6-8-21/h1-8,11-12,16,20H,9-10,13-15,24H2/t20-,22-,30?/m0/s1. The lowest BCUT2D eigenvalue weighted by Gasteiger charge is -2.28. The quantitative estimate of drug-likeness (QED) is 0.422. The van der Waals surface area contributed by atoms with Crippen LogP contribution in [0, 0.1) is 0 Å². The van der Waals surface area contributed by atoms with E-state index in [0.29, 0.717) is 36.0 Å². The molecule has 3 aromatic rings. The number of hydrogen-bond acceptors (Lipinski definition) is 5. The minimum atomic E-state index is -1.19. The van der Waals surface area contributed by atoms with Gasteiger partial charge in [-0.1, -0.05) is 23.7 Å². The Kier molecular flexibility index (Phi) is 6.65. The number of benzene rings is 2. The smallest absolute Gasteiger partial charge is 0.187 e. The molecule has 0 aliphatic carbocycles. The van der Waals surface area contributed by atoms with Crippen LogP contribution in [0.15, 0.2) is 72.1 Å². The second-order valence-corrected chi connectivity index (χ2v) is 9.34. The average molecular weight is 446 g/mol. The molecule has 0 bridgehead atoms. The Hall–Kier alpha value is -2.03. The van der Waals surface area contributed by atoms with Crippen molar-refractivity contribution in [2.45, 2.75) is 36.2 Å². The van der Waals surface area contributed by atoms with Crippen LogP contribution in [0.25, 0.3) is 0 Å². The predicted molar refractivity (Wildman–Crippen MR) is 118 cm³/mol. The topological polar surface area (TPSA) is 85.4 Å². The first-order valence-electron chi connectivity index (χ1n) is 9.77. The number of aryl methyl sites for hydroxylation is 1. The molecule has 2 heterocycles. The summed E-state index contributed by atoms with van der Waals surface area (Å²) in [5.41, 5.74) is 7.53. The van der Waals surface area contributed by atoms with Crippen molar-refractivity contribution in [1.29, 1.82) is 0 Å². The summed E-state index contributed by atoms with van der Waals surface area (Å²) in [6.07, 6.45) is 6.55. The predicted octanol–water partition coefficient (Wildman–Crippen LogP) is 3.67. The van der Waals surface area contributed by atoms with Gasteiger partial charge in [-0.2, -0.15) is 0 Å². The molecule has 8 heteroatoms. The molecule has 6 nitrogen and oxygen atoms in total. The van der Waals surface area contributed by atoms with Crippen LogP contribution in [0.1, 0.15) is 12.0 Å². The summed E-state index contributed by atoms with van der Waals surface area (Å²) in [6.45, 7) is 0.918. The van der Waals surface area contributed by atoms with E-state index in [0.717, 1.165) is 16.9 Å². The van der Waals surface area contributed by atoms with Gasteiger partial charge in [0.1, 0.15) is 11.9 Å². The van der Waals surface area contributed by atoms with Crippen molar-refractivity contribution in [3.63, 3.8) is 0 Å². The maximum Gasteiger partial charge on any atom is 0.187 e. The number of nitrogen functional groups attached to an aromatic ring is 1. The second kappa shape index (κ2) is 9.41. The molecule has 1 aromatic heterocycles. The lowest BCUT2D eigenvalue weighted by molar-refractivity contribution is -0.180. The molecule has 0 amide bonds. The van der Waals surface area contributed by atoms with Gasteiger partial charge >= 0.3 is 0 Å². The van der Waals surface area contributed by atoms with Crippen molar-refractivity contribution in [3.8, 4) is 0 Å². The third kappa shape index (κ3) is 5.36. The number of halogens is 1. The van der Waals surface area contributed by atoms with Crippen molar-refractivity contribution in [2.75, 3.05) is 18.1 Å². The molecular formula is C22H24ClN3O3S. The summed E-state index contributed by atoms with van der Waals surface area (Å²) >= 11 is 4.80. The van der Waals surface area contributed by atoms with E-state index in [4.69, 9.17) is 26.8 Å². The van der Waals surface area contributed by atoms with E-state index in [2.05, 4.69) is 4.98 Å². The molecule has 4 rings (SSSR count). The summed E-state index contributed by atoms with van der Waals surface area (Å²) in [5.74, 6) is -0.424. The average Bonchev–Trinajstić information content (AvgIpc) is 3.39. The molecule has 30 heavy (non-hydrogen) atoms. The highest BCUT2D eigenvalue weighted by molar-refractivity contribution is 7.91. The fourth-order valence-corrected chi connectivity index (χ4v) is 4.78. The van der Waals surface area contributed by atoms with Crippen molar-refractivity contribution in [1.82, 2.24) is 9.55 Å². The minimum Gasteiger partial charge on any atom is -0.611 e. The van der Waals surface area contributed by atoms with Crippen LogP contribution in [0.4, 0.5) is 5.69 Å². The monoisotopic (exact) mass is 445 g/mol. The zero-order chi connectivity index (χ0) is 21.0. The molecular weight excluding hydrogens is 422 g/mol. The van der Waals surface area contributed by atoms with Gasteiger partial charge in [-0.05, 0) is 59.6 Å². The lowest BCUT2D eigenvalue weighted by Crippen LogP contribution is -2.37. The molecule has 1 fully saturated rings. The maximum atomic E-state index is 12.8. The molecule has 0 spiro atoms. The van der Waals surface area contributed by atoms with Crippen LogP contribution < -0.4 is 5.73 Å². The molecule has 1 aliphatic heterocycles. The number of hydrogen-bond donors (Lipinski definition) is 1. The third-order valence-corrected chi connectivity index (χ3v) is 6.81. The van der Waals surface area contributed by atoms with Gasteiger partial charge in [0.15, 0.2) is 10.7 Å². The van der Waals surface area contributed by atoms with Crippen LogP contribution in [0.2, 0.25) is 5.02 Å². The molecule has 0 saturated carbocycles. The number of aromatic nitrogens is 2. The zero-order valence-corrected chi connectivity index (χ0v) is 18.0. The second-order valence-electron chi connectivity index (χ2n) is 7.40. The van der Waals surface area contributed by atoms with Gasteiger partial charge < -0.3 is 24.3 Å². The molecule has 0 radical (unpaired) electrons. The Balaban J connectivity index is 1.43. The van der Waals surface area contributed by atoms with Gasteiger partial charge in [0.2, 0.25) is 0 Å². The zero-order valence-electron chi connectivity index (χ0n) is 16.4. The van der Waals surface area contributed by atoms with Crippen molar-refractivity contribution >= 4 is 28.5 Å². The number of nitrogens with zero attached hydrogens (tertiary/aromatic N) is 2. The first kappa shape index (κ1) is 21.2. The van der Waals surface area contributed by atoms with Gasteiger partial charge in [-0.3, -0.25) is 0 Å². The fourth-order valence-electron chi connectivity index (χ4n) is 3.52. The van der Waals surface area contributed by atoms with Gasteiger partial charge in [0, 0.05) is 29.5 Å². The molecule has 2 aromatic carbocycles. The Labute approximate surface area is 184 Å². The summed E-state index contributed by atoms with van der Waals surface area (Å²) in [7, 11) is 0. The van der Waals surface area contributed by atoms with Crippen molar-refractivity contribution < 1.29 is 14.0 Å². The van der Waals surface area contributed by atoms with Crippen LogP contribution in [-0.2, 0) is 33.6 Å². The van der Waals surface area contributed by atoms with Crippen LogP contribution in [0.3, 0.4) is 0 Å². The normalized spacial score (nSPS) is 22.3. The van der Waals surface area contributed by atoms with E-state index in [9.17, 15) is 4.55 Å². The van der Waals surface area contributed by atoms with Gasteiger partial charge in [0.05, 0.1) is 19.5 Å². The summed E-state index contributed by atoms with van der Waals surface area (Å²) < 4.78 is 27.2. The van der Waals surface area contributed by atoms with Crippen LogP contribution >= 0.6 is 11.6 Å². The van der Waals surface area contributed by atoms with Gasteiger partial charge in [0.25, 0.3) is 0 Å². The van der Waals surface area contributed by atoms with E-state index in [1.165, 1.54) is 0 Å². The summed E-state index contributed by atoms with van der Waals surface area (Å²) in [6, 6.07) is 14.9. The maximum absolute atomic E-state index is 12.8.